The molecule has 0 aromatic heterocycles. The summed E-state index contributed by atoms with van der Waals surface area (Å²) in [5.74, 6) is -0.494. The molecule has 1 aliphatic carbocycles. The van der Waals surface area contributed by atoms with Crippen LogP contribution in [0.25, 0.3) is 0 Å². The highest BCUT2D eigenvalue weighted by atomic mass is 35.5. The molecule has 0 radical (unpaired) electrons. The van der Waals surface area contributed by atoms with Gasteiger partial charge in [-0.05, 0) is 44.0 Å². The van der Waals surface area contributed by atoms with E-state index in [4.69, 9.17) is 0 Å². The number of halogens is 1. The molecule has 27 heavy (non-hydrogen) atoms. The van der Waals surface area contributed by atoms with Gasteiger partial charge >= 0.3 is 0 Å². The maximum atomic E-state index is 12.9. The van der Waals surface area contributed by atoms with E-state index < -0.39 is 0 Å². The summed E-state index contributed by atoms with van der Waals surface area (Å²) in [6, 6.07) is 4.97. The molecule has 6 nitrogen and oxygen atoms in total. The Hall–Kier alpha value is -1.92. The number of imide groups is 1. The first-order chi connectivity index (χ1) is 12.7. The van der Waals surface area contributed by atoms with Crippen molar-refractivity contribution >= 4 is 30.1 Å². The summed E-state index contributed by atoms with van der Waals surface area (Å²) in [7, 11) is 0. The van der Waals surface area contributed by atoms with E-state index in [9.17, 15) is 14.4 Å². The second kappa shape index (κ2) is 8.40. The van der Waals surface area contributed by atoms with E-state index in [0.717, 1.165) is 45.2 Å². The molecule has 1 saturated carbocycles. The summed E-state index contributed by atoms with van der Waals surface area (Å²) in [6.07, 6.45) is 5.98. The van der Waals surface area contributed by atoms with Crippen LogP contribution in [0.4, 0.5) is 0 Å². The van der Waals surface area contributed by atoms with Gasteiger partial charge in [0.15, 0.2) is 0 Å². The van der Waals surface area contributed by atoms with Crippen LogP contribution in [0.3, 0.4) is 0 Å². The van der Waals surface area contributed by atoms with Crippen molar-refractivity contribution in [2.45, 2.75) is 44.6 Å². The highest BCUT2D eigenvalue weighted by Crippen LogP contribution is 2.31. The fourth-order valence-corrected chi connectivity index (χ4v) is 4.29. The van der Waals surface area contributed by atoms with Crippen molar-refractivity contribution in [3.8, 4) is 0 Å². The molecule has 0 bridgehead atoms. The zero-order chi connectivity index (χ0) is 18.1. The van der Waals surface area contributed by atoms with Crippen molar-refractivity contribution in [1.82, 2.24) is 15.1 Å². The van der Waals surface area contributed by atoms with Crippen LogP contribution in [0.5, 0.6) is 0 Å². The molecule has 1 aromatic carbocycles. The minimum absolute atomic E-state index is 0. The summed E-state index contributed by atoms with van der Waals surface area (Å²) in [6.45, 7) is 3.07. The molecule has 2 aliphatic heterocycles. The third-order valence-electron chi connectivity index (χ3n) is 5.73. The molecule has 2 fully saturated rings. The van der Waals surface area contributed by atoms with Gasteiger partial charge in [0.05, 0.1) is 11.1 Å². The average molecular weight is 392 g/mol. The number of carbonyl (C=O) groups excluding carboxylic acids is 3. The minimum Gasteiger partial charge on any atom is -0.337 e. The van der Waals surface area contributed by atoms with Gasteiger partial charge in [-0.2, -0.15) is 0 Å². The quantitative estimate of drug-likeness (QED) is 0.786. The SMILES string of the molecule is Cl.O=C(c1ccc2c(c1)C(=O)N(C1CCCCC1)C2=O)N1CCCNCC1. The normalized spacial score (nSPS) is 20.9. The Kier molecular flexibility index (Phi) is 6.17. The van der Waals surface area contributed by atoms with Gasteiger partial charge in [0, 0.05) is 31.2 Å². The van der Waals surface area contributed by atoms with Crippen LogP contribution in [-0.2, 0) is 0 Å². The highest BCUT2D eigenvalue weighted by molar-refractivity contribution is 6.22. The van der Waals surface area contributed by atoms with E-state index in [1.807, 2.05) is 4.90 Å². The number of benzene rings is 1. The zero-order valence-corrected chi connectivity index (χ0v) is 16.2. The summed E-state index contributed by atoms with van der Waals surface area (Å²) in [4.78, 5) is 41.7. The van der Waals surface area contributed by atoms with Crippen molar-refractivity contribution in [2.75, 3.05) is 26.2 Å². The van der Waals surface area contributed by atoms with Crippen LogP contribution in [-0.4, -0.2) is 59.7 Å². The van der Waals surface area contributed by atoms with Crippen LogP contribution in [0.1, 0.15) is 69.6 Å². The second-order valence-electron chi connectivity index (χ2n) is 7.43. The summed E-state index contributed by atoms with van der Waals surface area (Å²) in [5, 5.41) is 3.28. The fraction of sp³-hybridized carbons (Fsp3) is 0.550. The van der Waals surface area contributed by atoms with E-state index in [-0.39, 0.29) is 36.2 Å². The number of hydrogen-bond acceptors (Lipinski definition) is 4. The maximum Gasteiger partial charge on any atom is 0.261 e. The average Bonchev–Trinajstić information content (AvgIpc) is 2.87. The molecule has 4 rings (SSSR count). The first-order valence-corrected chi connectivity index (χ1v) is 9.69. The molecular formula is C20H26ClN3O3. The molecule has 3 aliphatic rings. The predicted octanol–water partition coefficient (Wildman–Crippen LogP) is 2.47. The van der Waals surface area contributed by atoms with Crippen molar-refractivity contribution < 1.29 is 14.4 Å². The Morgan fingerprint density at radius 2 is 1.67 bits per heavy atom. The molecule has 7 heteroatoms. The lowest BCUT2D eigenvalue weighted by Gasteiger charge is -2.29. The Balaban J connectivity index is 0.00000210. The Morgan fingerprint density at radius 3 is 2.44 bits per heavy atom. The number of amides is 3. The van der Waals surface area contributed by atoms with E-state index in [1.54, 1.807) is 18.2 Å². The smallest absolute Gasteiger partial charge is 0.261 e. The van der Waals surface area contributed by atoms with Gasteiger partial charge in [0.2, 0.25) is 0 Å². The number of hydrogen-bond donors (Lipinski definition) is 1. The van der Waals surface area contributed by atoms with E-state index in [2.05, 4.69) is 5.32 Å². The molecule has 1 aromatic rings. The molecule has 1 saturated heterocycles. The minimum atomic E-state index is -0.232. The Labute approximate surface area is 165 Å². The highest BCUT2D eigenvalue weighted by Gasteiger charge is 2.40. The molecule has 1 N–H and O–H groups in total. The third kappa shape index (κ3) is 3.73. The van der Waals surface area contributed by atoms with Gasteiger partial charge in [-0.15, -0.1) is 12.4 Å². The second-order valence-corrected chi connectivity index (χ2v) is 7.43. The van der Waals surface area contributed by atoms with Gasteiger partial charge in [-0.1, -0.05) is 19.3 Å². The van der Waals surface area contributed by atoms with Crippen molar-refractivity contribution in [3.05, 3.63) is 34.9 Å². The third-order valence-corrected chi connectivity index (χ3v) is 5.73. The molecule has 146 valence electrons. The molecule has 0 spiro atoms. The monoisotopic (exact) mass is 391 g/mol. The largest absolute Gasteiger partial charge is 0.337 e. The van der Waals surface area contributed by atoms with E-state index in [1.165, 1.54) is 11.3 Å². The van der Waals surface area contributed by atoms with Crippen molar-refractivity contribution in [1.29, 1.82) is 0 Å². The van der Waals surface area contributed by atoms with E-state index >= 15 is 0 Å². The molecule has 3 amide bonds. The van der Waals surface area contributed by atoms with Crippen molar-refractivity contribution in [2.24, 2.45) is 0 Å². The van der Waals surface area contributed by atoms with E-state index in [0.29, 0.717) is 29.8 Å². The summed E-state index contributed by atoms with van der Waals surface area (Å²) < 4.78 is 0. The van der Waals surface area contributed by atoms with Crippen LogP contribution in [0, 0.1) is 0 Å². The lowest BCUT2D eigenvalue weighted by molar-refractivity contribution is 0.0548. The molecule has 0 unspecified atom stereocenters. The number of rotatable bonds is 2. The predicted molar refractivity (Wildman–Crippen MR) is 104 cm³/mol. The van der Waals surface area contributed by atoms with Gasteiger partial charge < -0.3 is 10.2 Å². The van der Waals surface area contributed by atoms with Crippen LogP contribution < -0.4 is 5.32 Å². The van der Waals surface area contributed by atoms with Gasteiger partial charge in [-0.25, -0.2) is 0 Å². The number of nitrogens with one attached hydrogen (secondary N) is 1. The molecular weight excluding hydrogens is 366 g/mol. The summed E-state index contributed by atoms with van der Waals surface area (Å²) in [5.41, 5.74) is 1.33. The molecule has 2 heterocycles. The standard InChI is InChI=1S/C20H25N3O3.ClH/c24-18(22-11-4-9-21-10-12-22)14-7-8-16-17(13-14)20(26)23(19(16)25)15-5-2-1-3-6-15;/h7-8,13,15,21H,1-6,9-12H2;1H. The molecule has 0 atom stereocenters. The zero-order valence-electron chi connectivity index (χ0n) is 15.4. The van der Waals surface area contributed by atoms with Crippen LogP contribution in [0.15, 0.2) is 18.2 Å². The van der Waals surface area contributed by atoms with Gasteiger partial charge in [0.1, 0.15) is 0 Å². The lowest BCUT2D eigenvalue weighted by Crippen LogP contribution is -2.40. The topological polar surface area (TPSA) is 69.7 Å². The van der Waals surface area contributed by atoms with Crippen molar-refractivity contribution in [3.63, 3.8) is 0 Å². The lowest BCUT2D eigenvalue weighted by atomic mass is 9.94. The number of carbonyl (C=O) groups is 3. The Bertz CT molecular complexity index is 738. The summed E-state index contributed by atoms with van der Waals surface area (Å²) >= 11 is 0. The number of fused-ring (bicyclic) bond motifs is 1. The van der Waals surface area contributed by atoms with Gasteiger partial charge in [-0.3, -0.25) is 19.3 Å². The van der Waals surface area contributed by atoms with Crippen LogP contribution >= 0.6 is 12.4 Å². The first kappa shape index (κ1) is 19.8. The maximum absolute atomic E-state index is 12.9. The first-order valence-electron chi connectivity index (χ1n) is 9.69. The Morgan fingerprint density at radius 1 is 0.926 bits per heavy atom. The number of nitrogens with zero attached hydrogens (tertiary/aromatic N) is 2. The van der Waals surface area contributed by atoms with Gasteiger partial charge in [0.25, 0.3) is 17.7 Å². The fourth-order valence-electron chi connectivity index (χ4n) is 4.29. The van der Waals surface area contributed by atoms with Crippen LogP contribution in [0.2, 0.25) is 0 Å².